The molecule has 0 radical (unpaired) electrons. The van der Waals surface area contributed by atoms with Crippen LogP contribution in [-0.4, -0.2) is 52.1 Å². The molecular formula is C21H17ClFN5O3. The molecule has 1 fully saturated rings. The Bertz CT molecular complexity index is 1120. The Morgan fingerprint density at radius 1 is 1.00 bits per heavy atom. The van der Waals surface area contributed by atoms with Crippen molar-refractivity contribution in [2.45, 2.75) is 0 Å². The van der Waals surface area contributed by atoms with Gasteiger partial charge in [0.25, 0.3) is 11.6 Å². The van der Waals surface area contributed by atoms with E-state index < -0.39 is 4.92 Å². The quantitative estimate of drug-likeness (QED) is 0.451. The van der Waals surface area contributed by atoms with Crippen LogP contribution in [0.15, 0.2) is 54.6 Å². The van der Waals surface area contributed by atoms with E-state index in [4.69, 9.17) is 11.6 Å². The van der Waals surface area contributed by atoms with Gasteiger partial charge in [-0.3, -0.25) is 14.9 Å². The zero-order chi connectivity index (χ0) is 22.0. The first-order valence-corrected chi connectivity index (χ1v) is 9.88. The van der Waals surface area contributed by atoms with Gasteiger partial charge in [-0.05, 0) is 42.5 Å². The highest BCUT2D eigenvalue weighted by Crippen LogP contribution is 2.25. The lowest BCUT2D eigenvalue weighted by Crippen LogP contribution is -2.49. The molecule has 0 spiro atoms. The third-order valence-electron chi connectivity index (χ3n) is 5.08. The van der Waals surface area contributed by atoms with E-state index in [1.165, 1.54) is 30.3 Å². The number of non-ortho nitro benzene ring substituents is 1. The molecule has 2 aromatic carbocycles. The van der Waals surface area contributed by atoms with Crippen LogP contribution in [0, 0.1) is 15.9 Å². The first kappa shape index (κ1) is 20.7. The summed E-state index contributed by atoms with van der Waals surface area (Å²) in [5, 5.41) is 19.4. The van der Waals surface area contributed by atoms with Crippen molar-refractivity contribution in [3.05, 3.63) is 81.1 Å². The predicted molar refractivity (Wildman–Crippen MR) is 114 cm³/mol. The van der Waals surface area contributed by atoms with Crippen molar-refractivity contribution in [2.75, 3.05) is 31.1 Å². The maximum Gasteiger partial charge on any atom is 0.270 e. The molecule has 10 heteroatoms. The number of anilines is 1. The van der Waals surface area contributed by atoms with E-state index in [1.54, 1.807) is 17.0 Å². The number of halogens is 2. The Hall–Kier alpha value is -3.59. The number of hydrogen-bond acceptors (Lipinski definition) is 6. The molecule has 31 heavy (non-hydrogen) atoms. The standard InChI is InChI=1S/C21H17ClFN5O3/c22-18-13-16(28(30)31)5-6-17(18)21(29)27-11-9-26(10-12-27)20-8-7-19(24-25-20)14-1-3-15(23)4-2-14/h1-8,13H,9-12H2. The Morgan fingerprint density at radius 3 is 2.29 bits per heavy atom. The van der Waals surface area contributed by atoms with Gasteiger partial charge >= 0.3 is 0 Å². The van der Waals surface area contributed by atoms with Crippen LogP contribution in [0.4, 0.5) is 15.9 Å². The summed E-state index contributed by atoms with van der Waals surface area (Å²) in [6, 6.07) is 13.5. The molecule has 0 atom stereocenters. The largest absolute Gasteiger partial charge is 0.352 e. The van der Waals surface area contributed by atoms with Gasteiger partial charge in [-0.15, -0.1) is 10.2 Å². The number of nitrogens with zero attached hydrogens (tertiary/aromatic N) is 5. The van der Waals surface area contributed by atoms with Gasteiger partial charge in [0.1, 0.15) is 5.82 Å². The number of carbonyl (C=O) groups excluding carboxylic acids is 1. The topological polar surface area (TPSA) is 92.5 Å². The molecule has 8 nitrogen and oxygen atoms in total. The smallest absolute Gasteiger partial charge is 0.270 e. The molecule has 3 aromatic rings. The molecule has 1 amide bonds. The average Bonchev–Trinajstić information content (AvgIpc) is 2.79. The molecule has 1 aliphatic heterocycles. The monoisotopic (exact) mass is 441 g/mol. The highest BCUT2D eigenvalue weighted by Gasteiger charge is 2.25. The summed E-state index contributed by atoms with van der Waals surface area (Å²) in [5.41, 5.74) is 1.50. The second kappa shape index (κ2) is 8.65. The minimum absolute atomic E-state index is 0.0591. The summed E-state index contributed by atoms with van der Waals surface area (Å²) >= 11 is 6.08. The highest BCUT2D eigenvalue weighted by molar-refractivity contribution is 6.34. The van der Waals surface area contributed by atoms with Crippen molar-refractivity contribution in [3.63, 3.8) is 0 Å². The van der Waals surface area contributed by atoms with Gasteiger partial charge in [-0.2, -0.15) is 0 Å². The van der Waals surface area contributed by atoms with E-state index in [1.807, 2.05) is 17.0 Å². The fourth-order valence-corrected chi connectivity index (χ4v) is 3.62. The number of rotatable bonds is 4. The van der Waals surface area contributed by atoms with Crippen LogP contribution >= 0.6 is 11.6 Å². The van der Waals surface area contributed by atoms with E-state index in [9.17, 15) is 19.3 Å². The normalized spacial score (nSPS) is 13.9. The van der Waals surface area contributed by atoms with Crippen molar-refractivity contribution in [1.82, 2.24) is 15.1 Å². The van der Waals surface area contributed by atoms with Crippen molar-refractivity contribution in [1.29, 1.82) is 0 Å². The summed E-state index contributed by atoms with van der Waals surface area (Å²) in [5.74, 6) is 0.111. The van der Waals surface area contributed by atoms with Gasteiger partial charge < -0.3 is 9.80 Å². The SMILES string of the molecule is O=C(c1ccc([N+](=O)[O-])cc1Cl)N1CCN(c2ccc(-c3ccc(F)cc3)nn2)CC1. The Labute approximate surface area is 182 Å². The minimum atomic E-state index is -0.554. The molecule has 0 unspecified atom stereocenters. The molecule has 1 aromatic heterocycles. The number of nitro benzene ring substituents is 1. The van der Waals surface area contributed by atoms with Gasteiger partial charge in [0.05, 0.1) is 21.2 Å². The van der Waals surface area contributed by atoms with E-state index in [0.29, 0.717) is 37.7 Å². The van der Waals surface area contributed by atoms with Gasteiger partial charge in [-0.1, -0.05) is 11.6 Å². The Balaban J connectivity index is 1.40. The zero-order valence-corrected chi connectivity index (χ0v) is 17.0. The summed E-state index contributed by atoms with van der Waals surface area (Å²) in [6.45, 7) is 2.02. The van der Waals surface area contributed by atoms with Gasteiger partial charge in [0, 0.05) is 43.9 Å². The lowest BCUT2D eigenvalue weighted by molar-refractivity contribution is -0.384. The molecule has 0 saturated carbocycles. The van der Waals surface area contributed by atoms with Crippen LogP contribution in [0.2, 0.25) is 5.02 Å². The predicted octanol–water partition coefficient (Wildman–Crippen LogP) is 3.81. The van der Waals surface area contributed by atoms with Crippen molar-refractivity contribution in [3.8, 4) is 11.3 Å². The maximum atomic E-state index is 13.1. The number of amides is 1. The number of carbonyl (C=O) groups is 1. The summed E-state index contributed by atoms with van der Waals surface area (Å²) in [6.07, 6.45) is 0. The molecule has 2 heterocycles. The van der Waals surface area contributed by atoms with E-state index in [-0.39, 0.29) is 28.0 Å². The fourth-order valence-electron chi connectivity index (χ4n) is 3.37. The van der Waals surface area contributed by atoms with Crippen LogP contribution in [0.3, 0.4) is 0 Å². The first-order chi connectivity index (χ1) is 14.9. The maximum absolute atomic E-state index is 13.1. The average molecular weight is 442 g/mol. The van der Waals surface area contributed by atoms with E-state index in [2.05, 4.69) is 10.2 Å². The third-order valence-corrected chi connectivity index (χ3v) is 5.39. The third kappa shape index (κ3) is 4.46. The first-order valence-electron chi connectivity index (χ1n) is 9.50. The van der Waals surface area contributed by atoms with Gasteiger partial charge in [0.15, 0.2) is 5.82 Å². The highest BCUT2D eigenvalue weighted by atomic mass is 35.5. The number of hydrogen-bond donors (Lipinski definition) is 0. The molecular weight excluding hydrogens is 425 g/mol. The molecule has 1 aliphatic rings. The summed E-state index contributed by atoms with van der Waals surface area (Å²) < 4.78 is 13.1. The van der Waals surface area contributed by atoms with Crippen LogP contribution in [0.25, 0.3) is 11.3 Å². The van der Waals surface area contributed by atoms with Crippen LogP contribution in [-0.2, 0) is 0 Å². The molecule has 0 bridgehead atoms. The van der Waals surface area contributed by atoms with E-state index >= 15 is 0 Å². The number of benzene rings is 2. The number of aromatic nitrogens is 2. The van der Waals surface area contributed by atoms with Crippen molar-refractivity contribution < 1.29 is 14.1 Å². The lowest BCUT2D eigenvalue weighted by atomic mass is 10.1. The Morgan fingerprint density at radius 2 is 1.71 bits per heavy atom. The van der Waals surface area contributed by atoms with Gasteiger partial charge in [0.2, 0.25) is 0 Å². The van der Waals surface area contributed by atoms with Crippen LogP contribution in [0.5, 0.6) is 0 Å². The second-order valence-corrected chi connectivity index (χ2v) is 7.39. The van der Waals surface area contributed by atoms with Crippen LogP contribution in [0.1, 0.15) is 10.4 Å². The van der Waals surface area contributed by atoms with Gasteiger partial charge in [-0.25, -0.2) is 4.39 Å². The van der Waals surface area contributed by atoms with E-state index in [0.717, 1.165) is 5.56 Å². The molecule has 4 rings (SSSR count). The zero-order valence-electron chi connectivity index (χ0n) is 16.2. The fraction of sp³-hybridized carbons (Fsp3) is 0.190. The molecule has 0 aliphatic carbocycles. The second-order valence-electron chi connectivity index (χ2n) is 6.98. The number of nitro groups is 1. The number of piperazine rings is 1. The molecule has 1 saturated heterocycles. The van der Waals surface area contributed by atoms with Crippen LogP contribution < -0.4 is 4.90 Å². The molecule has 0 N–H and O–H groups in total. The molecule has 158 valence electrons. The summed E-state index contributed by atoms with van der Waals surface area (Å²) in [4.78, 5) is 26.7. The van der Waals surface area contributed by atoms with Crippen molar-refractivity contribution in [2.24, 2.45) is 0 Å². The lowest BCUT2D eigenvalue weighted by Gasteiger charge is -2.35. The van der Waals surface area contributed by atoms with Crippen molar-refractivity contribution >= 4 is 29.0 Å². The Kier molecular flexibility index (Phi) is 5.77. The summed E-state index contributed by atoms with van der Waals surface area (Å²) in [7, 11) is 0. The minimum Gasteiger partial charge on any atom is -0.352 e.